The van der Waals surface area contributed by atoms with Gasteiger partial charge in [-0.25, -0.2) is 0 Å². The number of carbonyl (C=O) groups is 1. The maximum atomic E-state index is 11.7. The van der Waals surface area contributed by atoms with Gasteiger partial charge in [0.15, 0.2) is 5.78 Å². The van der Waals surface area contributed by atoms with Gasteiger partial charge in [0, 0.05) is 10.9 Å². The van der Waals surface area contributed by atoms with E-state index in [4.69, 9.17) is 5.73 Å². The van der Waals surface area contributed by atoms with Crippen LogP contribution < -0.4 is 5.73 Å². The van der Waals surface area contributed by atoms with Crippen molar-refractivity contribution in [1.82, 2.24) is 0 Å². The van der Waals surface area contributed by atoms with Crippen molar-refractivity contribution in [3.05, 3.63) is 20.8 Å². The van der Waals surface area contributed by atoms with Gasteiger partial charge in [-0.15, -0.1) is 11.3 Å². The molecule has 0 aliphatic heterocycles. The average Bonchev–Trinajstić information content (AvgIpc) is 2.64. The van der Waals surface area contributed by atoms with E-state index in [1.807, 2.05) is 11.4 Å². The summed E-state index contributed by atoms with van der Waals surface area (Å²) in [4.78, 5) is 12.6. The van der Waals surface area contributed by atoms with E-state index in [9.17, 15) is 4.79 Å². The van der Waals surface area contributed by atoms with Crippen LogP contribution in [-0.4, -0.2) is 12.3 Å². The van der Waals surface area contributed by atoms with Gasteiger partial charge in [0.05, 0.1) is 4.88 Å². The predicted octanol–water partition coefficient (Wildman–Crippen LogP) is 3.60. The fourth-order valence-corrected chi connectivity index (χ4v) is 2.95. The molecule has 1 aromatic rings. The molecule has 0 atom stereocenters. The van der Waals surface area contributed by atoms with Crippen LogP contribution in [0.5, 0.6) is 0 Å². The summed E-state index contributed by atoms with van der Waals surface area (Å²) in [5.74, 6) is 0.254. The van der Waals surface area contributed by atoms with Gasteiger partial charge in [-0.3, -0.25) is 4.79 Å². The quantitative estimate of drug-likeness (QED) is 0.616. The molecule has 4 heteroatoms. The van der Waals surface area contributed by atoms with Crippen LogP contribution in [0.4, 0.5) is 0 Å². The Kier molecular flexibility index (Phi) is 6.13. The Morgan fingerprint density at radius 3 is 2.67 bits per heavy atom. The smallest absolute Gasteiger partial charge is 0.173 e. The van der Waals surface area contributed by atoms with E-state index in [0.717, 1.165) is 41.6 Å². The summed E-state index contributed by atoms with van der Waals surface area (Å²) in [7, 11) is 0. The van der Waals surface area contributed by atoms with Crippen LogP contribution >= 0.6 is 27.3 Å². The van der Waals surface area contributed by atoms with Crippen molar-refractivity contribution in [2.75, 3.05) is 6.54 Å². The van der Waals surface area contributed by atoms with Gasteiger partial charge in [-0.1, -0.05) is 12.8 Å². The lowest BCUT2D eigenvalue weighted by Gasteiger charge is -1.99. The maximum absolute atomic E-state index is 11.7. The minimum absolute atomic E-state index is 0.254. The molecule has 0 aromatic carbocycles. The molecule has 0 bridgehead atoms. The highest BCUT2D eigenvalue weighted by Gasteiger charge is 2.10. The summed E-state index contributed by atoms with van der Waals surface area (Å²) in [6.45, 7) is 0.754. The van der Waals surface area contributed by atoms with E-state index in [2.05, 4.69) is 15.9 Å². The van der Waals surface area contributed by atoms with Gasteiger partial charge in [0.2, 0.25) is 0 Å². The van der Waals surface area contributed by atoms with Crippen molar-refractivity contribution in [1.29, 1.82) is 0 Å². The topological polar surface area (TPSA) is 43.1 Å². The Morgan fingerprint density at radius 2 is 2.07 bits per heavy atom. The van der Waals surface area contributed by atoms with Crippen molar-refractivity contribution in [2.45, 2.75) is 32.1 Å². The third kappa shape index (κ3) is 4.45. The zero-order valence-electron chi connectivity index (χ0n) is 8.67. The van der Waals surface area contributed by atoms with E-state index in [0.29, 0.717) is 6.42 Å². The predicted molar refractivity (Wildman–Crippen MR) is 68.5 cm³/mol. The van der Waals surface area contributed by atoms with Gasteiger partial charge in [0.1, 0.15) is 0 Å². The number of ketones is 1. The number of unbranched alkanes of at least 4 members (excludes halogenated alkanes) is 3. The molecule has 2 nitrogen and oxygen atoms in total. The second-order valence-corrected chi connectivity index (χ2v) is 5.24. The Labute approximate surface area is 103 Å². The highest BCUT2D eigenvalue weighted by Crippen LogP contribution is 2.24. The monoisotopic (exact) mass is 289 g/mol. The molecule has 0 amide bonds. The first-order valence-electron chi connectivity index (χ1n) is 5.22. The van der Waals surface area contributed by atoms with Crippen LogP contribution in [0.15, 0.2) is 15.9 Å². The van der Waals surface area contributed by atoms with E-state index >= 15 is 0 Å². The Morgan fingerprint density at radius 1 is 1.33 bits per heavy atom. The summed E-state index contributed by atoms with van der Waals surface area (Å²) >= 11 is 4.88. The SMILES string of the molecule is NCCCCCCC(=O)c1sccc1Br. The molecule has 0 aliphatic rings. The Hall–Kier alpha value is -0.190. The first-order chi connectivity index (χ1) is 7.25. The summed E-state index contributed by atoms with van der Waals surface area (Å²) in [6.07, 6.45) is 4.94. The molecule has 0 spiro atoms. The number of Topliss-reactive ketones (excluding diaryl/α,β-unsaturated/α-hetero) is 1. The van der Waals surface area contributed by atoms with E-state index in [-0.39, 0.29) is 5.78 Å². The van der Waals surface area contributed by atoms with E-state index in [1.54, 1.807) is 0 Å². The first-order valence-corrected chi connectivity index (χ1v) is 6.89. The fraction of sp³-hybridized carbons (Fsp3) is 0.545. The van der Waals surface area contributed by atoms with Crippen molar-refractivity contribution < 1.29 is 4.79 Å². The minimum atomic E-state index is 0.254. The van der Waals surface area contributed by atoms with Crippen LogP contribution in [0.1, 0.15) is 41.8 Å². The van der Waals surface area contributed by atoms with Gasteiger partial charge >= 0.3 is 0 Å². The summed E-state index contributed by atoms with van der Waals surface area (Å²) in [6, 6.07) is 1.92. The molecular weight excluding hydrogens is 274 g/mol. The zero-order chi connectivity index (χ0) is 11.1. The minimum Gasteiger partial charge on any atom is -0.330 e. The molecule has 15 heavy (non-hydrogen) atoms. The number of carbonyl (C=O) groups excluding carboxylic acids is 1. The van der Waals surface area contributed by atoms with Crippen molar-refractivity contribution in [2.24, 2.45) is 5.73 Å². The highest BCUT2D eigenvalue weighted by atomic mass is 79.9. The van der Waals surface area contributed by atoms with Gasteiger partial charge < -0.3 is 5.73 Å². The Bertz CT molecular complexity index is 311. The lowest BCUT2D eigenvalue weighted by Crippen LogP contribution is -1.99. The lowest BCUT2D eigenvalue weighted by atomic mass is 10.1. The molecule has 1 heterocycles. The maximum Gasteiger partial charge on any atom is 0.173 e. The summed E-state index contributed by atoms with van der Waals surface area (Å²) < 4.78 is 0.930. The fourth-order valence-electron chi connectivity index (χ4n) is 1.39. The number of nitrogens with two attached hydrogens (primary N) is 1. The number of hydrogen-bond donors (Lipinski definition) is 1. The average molecular weight is 290 g/mol. The third-order valence-electron chi connectivity index (χ3n) is 2.23. The van der Waals surface area contributed by atoms with Gasteiger partial charge in [-0.05, 0) is 46.8 Å². The molecule has 1 rings (SSSR count). The van der Waals surface area contributed by atoms with Gasteiger partial charge in [-0.2, -0.15) is 0 Å². The van der Waals surface area contributed by atoms with Crippen LogP contribution in [0.25, 0.3) is 0 Å². The molecule has 0 unspecified atom stereocenters. The number of halogens is 1. The number of hydrogen-bond acceptors (Lipinski definition) is 3. The number of thiophene rings is 1. The van der Waals surface area contributed by atoms with E-state index in [1.165, 1.54) is 11.3 Å². The van der Waals surface area contributed by atoms with E-state index < -0.39 is 0 Å². The lowest BCUT2D eigenvalue weighted by molar-refractivity contribution is 0.0982. The Balaban J connectivity index is 2.22. The molecular formula is C11H16BrNOS. The molecule has 0 radical (unpaired) electrons. The molecule has 0 saturated heterocycles. The molecule has 84 valence electrons. The summed E-state index contributed by atoms with van der Waals surface area (Å²) in [5.41, 5.74) is 5.40. The van der Waals surface area contributed by atoms with Crippen LogP contribution in [0.3, 0.4) is 0 Å². The van der Waals surface area contributed by atoms with Gasteiger partial charge in [0.25, 0.3) is 0 Å². The molecule has 0 aliphatic carbocycles. The van der Waals surface area contributed by atoms with Crippen molar-refractivity contribution >= 4 is 33.0 Å². The second kappa shape index (κ2) is 7.14. The molecule has 1 aromatic heterocycles. The van der Waals surface area contributed by atoms with Crippen LogP contribution in [0.2, 0.25) is 0 Å². The normalized spacial score (nSPS) is 10.5. The second-order valence-electron chi connectivity index (χ2n) is 3.47. The van der Waals surface area contributed by atoms with Crippen LogP contribution in [-0.2, 0) is 0 Å². The first kappa shape index (κ1) is 12.9. The number of rotatable bonds is 7. The van der Waals surface area contributed by atoms with Crippen molar-refractivity contribution in [3.63, 3.8) is 0 Å². The third-order valence-corrected chi connectivity index (χ3v) is 4.11. The van der Waals surface area contributed by atoms with Crippen molar-refractivity contribution in [3.8, 4) is 0 Å². The molecule has 0 fully saturated rings. The van der Waals surface area contributed by atoms with Crippen LogP contribution in [0, 0.1) is 0 Å². The zero-order valence-corrected chi connectivity index (χ0v) is 11.1. The summed E-state index contributed by atoms with van der Waals surface area (Å²) in [5, 5.41) is 1.94. The standard InChI is InChI=1S/C11H16BrNOS/c12-9-6-8-15-11(9)10(14)5-3-1-2-4-7-13/h6,8H,1-5,7,13H2. The molecule has 2 N–H and O–H groups in total. The molecule has 0 saturated carbocycles. The highest BCUT2D eigenvalue weighted by molar-refractivity contribution is 9.10. The largest absolute Gasteiger partial charge is 0.330 e.